The monoisotopic (exact) mass is 353 g/mol. The van der Waals surface area contributed by atoms with Gasteiger partial charge in [0.25, 0.3) is 0 Å². The molecule has 1 fully saturated rings. The zero-order valence-corrected chi connectivity index (χ0v) is 15.0. The van der Waals surface area contributed by atoms with Crippen LogP contribution in [0.3, 0.4) is 0 Å². The summed E-state index contributed by atoms with van der Waals surface area (Å²) >= 11 is 3.46. The van der Waals surface area contributed by atoms with Gasteiger partial charge in [-0.1, -0.05) is 41.9 Å². The van der Waals surface area contributed by atoms with E-state index in [0.717, 1.165) is 30.2 Å². The van der Waals surface area contributed by atoms with Crippen LogP contribution in [0.1, 0.15) is 52.0 Å². The molecule has 0 heterocycles. The maximum Gasteiger partial charge on any atom is 0.0727 e. The summed E-state index contributed by atoms with van der Waals surface area (Å²) in [6.45, 7) is 7.17. The Balaban J connectivity index is 2.17. The minimum absolute atomic E-state index is 0.157. The number of hydrogen-bond acceptors (Lipinski definition) is 2. The van der Waals surface area contributed by atoms with Crippen LogP contribution in [-0.2, 0) is 6.42 Å². The molecular formula is C18H28BrNO. The van der Waals surface area contributed by atoms with Gasteiger partial charge in [-0.05, 0) is 55.7 Å². The zero-order chi connectivity index (χ0) is 15.7. The third-order valence-electron chi connectivity index (χ3n) is 5.56. The second-order valence-corrected chi connectivity index (χ2v) is 8.64. The van der Waals surface area contributed by atoms with E-state index in [-0.39, 0.29) is 5.41 Å². The van der Waals surface area contributed by atoms with Crippen LogP contribution in [0.15, 0.2) is 28.7 Å². The molecule has 1 aromatic rings. The molecule has 0 radical (unpaired) electrons. The van der Waals surface area contributed by atoms with Gasteiger partial charge < -0.3 is 10.8 Å². The number of rotatable bonds is 4. The van der Waals surface area contributed by atoms with Gasteiger partial charge in [0.1, 0.15) is 0 Å². The second-order valence-electron chi connectivity index (χ2n) is 7.73. The van der Waals surface area contributed by atoms with E-state index in [4.69, 9.17) is 5.73 Å². The highest BCUT2D eigenvalue weighted by Crippen LogP contribution is 2.50. The van der Waals surface area contributed by atoms with Gasteiger partial charge in [0.15, 0.2) is 0 Å². The standard InChI is InChI=1S/C18H28BrNO/c1-16(2)8-10-18(13-20,11-9-16)17(3,21)12-14-4-6-15(19)7-5-14/h4-7,21H,8-13,20H2,1-3H3. The first-order valence-electron chi connectivity index (χ1n) is 7.87. The molecule has 0 aliphatic heterocycles. The Morgan fingerprint density at radius 2 is 1.67 bits per heavy atom. The Bertz CT molecular complexity index is 468. The Kier molecular flexibility index (Phi) is 4.87. The largest absolute Gasteiger partial charge is 0.389 e. The molecule has 3 heteroatoms. The maximum absolute atomic E-state index is 11.2. The lowest BCUT2D eigenvalue weighted by molar-refractivity contribution is -0.0985. The molecule has 0 bridgehead atoms. The molecule has 0 amide bonds. The quantitative estimate of drug-likeness (QED) is 0.847. The fraction of sp³-hybridized carbons (Fsp3) is 0.667. The number of aliphatic hydroxyl groups is 1. The van der Waals surface area contributed by atoms with Crippen LogP contribution in [0.2, 0.25) is 0 Å². The van der Waals surface area contributed by atoms with Gasteiger partial charge in [-0.3, -0.25) is 0 Å². The molecule has 21 heavy (non-hydrogen) atoms. The van der Waals surface area contributed by atoms with E-state index >= 15 is 0 Å². The van der Waals surface area contributed by atoms with Crippen molar-refractivity contribution in [1.29, 1.82) is 0 Å². The van der Waals surface area contributed by atoms with Gasteiger partial charge in [0.2, 0.25) is 0 Å². The molecule has 2 rings (SSSR count). The smallest absolute Gasteiger partial charge is 0.0727 e. The highest BCUT2D eigenvalue weighted by molar-refractivity contribution is 9.10. The minimum atomic E-state index is -0.758. The SMILES string of the molecule is CC1(C)CCC(CN)(C(C)(O)Cc2ccc(Br)cc2)CC1. The summed E-state index contributed by atoms with van der Waals surface area (Å²) in [6.07, 6.45) is 4.97. The van der Waals surface area contributed by atoms with Gasteiger partial charge in [-0.15, -0.1) is 0 Å². The topological polar surface area (TPSA) is 46.2 Å². The highest BCUT2D eigenvalue weighted by atomic mass is 79.9. The fourth-order valence-corrected chi connectivity index (χ4v) is 3.82. The molecule has 0 saturated heterocycles. The van der Waals surface area contributed by atoms with E-state index in [1.807, 2.05) is 19.1 Å². The molecule has 0 aromatic heterocycles. The first-order valence-corrected chi connectivity index (χ1v) is 8.66. The van der Waals surface area contributed by atoms with Crippen LogP contribution in [-0.4, -0.2) is 17.3 Å². The van der Waals surface area contributed by atoms with Crippen LogP contribution >= 0.6 is 15.9 Å². The van der Waals surface area contributed by atoms with Crippen molar-refractivity contribution in [2.75, 3.05) is 6.54 Å². The number of hydrogen-bond donors (Lipinski definition) is 2. The third-order valence-corrected chi connectivity index (χ3v) is 6.08. The Labute approximate surface area is 137 Å². The summed E-state index contributed by atoms with van der Waals surface area (Å²) in [5.74, 6) is 0. The van der Waals surface area contributed by atoms with Crippen LogP contribution in [0, 0.1) is 10.8 Å². The predicted octanol–water partition coefficient (Wildman–Crippen LogP) is 4.29. The maximum atomic E-state index is 11.2. The molecule has 0 spiro atoms. The zero-order valence-electron chi connectivity index (χ0n) is 13.5. The van der Waals surface area contributed by atoms with E-state index in [9.17, 15) is 5.11 Å². The van der Waals surface area contributed by atoms with Crippen molar-refractivity contribution in [3.8, 4) is 0 Å². The number of nitrogens with two attached hydrogens (primary N) is 1. The molecule has 1 atom stereocenters. The van der Waals surface area contributed by atoms with E-state index < -0.39 is 5.60 Å². The second kappa shape index (κ2) is 6.02. The van der Waals surface area contributed by atoms with Gasteiger partial charge in [-0.2, -0.15) is 0 Å². The molecule has 1 saturated carbocycles. The van der Waals surface area contributed by atoms with Crippen molar-refractivity contribution in [2.45, 2.75) is 58.5 Å². The normalized spacial score (nSPS) is 23.5. The molecule has 1 aliphatic carbocycles. The first kappa shape index (κ1) is 17.0. The summed E-state index contributed by atoms with van der Waals surface area (Å²) < 4.78 is 1.07. The van der Waals surface area contributed by atoms with Gasteiger partial charge in [-0.25, -0.2) is 0 Å². The van der Waals surface area contributed by atoms with Crippen LogP contribution < -0.4 is 5.73 Å². The number of benzene rings is 1. The lowest BCUT2D eigenvalue weighted by Crippen LogP contribution is -2.54. The Morgan fingerprint density at radius 3 is 2.14 bits per heavy atom. The van der Waals surface area contributed by atoms with E-state index in [1.54, 1.807) is 0 Å². The lowest BCUT2D eigenvalue weighted by Gasteiger charge is -2.51. The Hall–Kier alpha value is -0.380. The average molecular weight is 354 g/mol. The van der Waals surface area contributed by atoms with Crippen molar-refractivity contribution in [1.82, 2.24) is 0 Å². The van der Waals surface area contributed by atoms with E-state index in [2.05, 4.69) is 41.9 Å². The molecule has 1 aliphatic rings. The van der Waals surface area contributed by atoms with Crippen LogP contribution in [0.5, 0.6) is 0 Å². The summed E-state index contributed by atoms with van der Waals surface area (Å²) in [7, 11) is 0. The van der Waals surface area contributed by atoms with Crippen molar-refractivity contribution in [2.24, 2.45) is 16.6 Å². The first-order chi connectivity index (χ1) is 9.70. The summed E-state index contributed by atoms with van der Waals surface area (Å²) in [5, 5.41) is 11.2. The molecule has 1 unspecified atom stereocenters. The summed E-state index contributed by atoms with van der Waals surface area (Å²) in [4.78, 5) is 0. The van der Waals surface area contributed by atoms with Crippen molar-refractivity contribution < 1.29 is 5.11 Å². The molecular weight excluding hydrogens is 326 g/mol. The molecule has 2 nitrogen and oxygen atoms in total. The lowest BCUT2D eigenvalue weighted by atomic mass is 9.57. The van der Waals surface area contributed by atoms with E-state index in [1.165, 1.54) is 5.56 Å². The minimum Gasteiger partial charge on any atom is -0.389 e. The van der Waals surface area contributed by atoms with Crippen LogP contribution in [0.4, 0.5) is 0 Å². The summed E-state index contributed by atoms with van der Waals surface area (Å²) in [5.41, 5.74) is 6.76. The molecule has 3 N–H and O–H groups in total. The van der Waals surface area contributed by atoms with Gasteiger partial charge in [0.05, 0.1) is 5.60 Å². The van der Waals surface area contributed by atoms with Crippen molar-refractivity contribution in [3.05, 3.63) is 34.3 Å². The fourth-order valence-electron chi connectivity index (χ4n) is 3.56. The van der Waals surface area contributed by atoms with Crippen molar-refractivity contribution >= 4 is 15.9 Å². The summed E-state index contributed by atoms with van der Waals surface area (Å²) in [6, 6.07) is 8.22. The Morgan fingerprint density at radius 1 is 1.14 bits per heavy atom. The molecule has 118 valence electrons. The number of halogens is 1. The van der Waals surface area contributed by atoms with Gasteiger partial charge in [0, 0.05) is 22.9 Å². The predicted molar refractivity (Wildman–Crippen MR) is 92.2 cm³/mol. The van der Waals surface area contributed by atoms with Gasteiger partial charge >= 0.3 is 0 Å². The van der Waals surface area contributed by atoms with Crippen LogP contribution in [0.25, 0.3) is 0 Å². The van der Waals surface area contributed by atoms with Crippen molar-refractivity contribution in [3.63, 3.8) is 0 Å². The van der Waals surface area contributed by atoms with E-state index in [0.29, 0.717) is 18.4 Å². The highest BCUT2D eigenvalue weighted by Gasteiger charge is 2.49. The third kappa shape index (κ3) is 3.69. The molecule has 1 aromatic carbocycles. The average Bonchev–Trinajstić information content (AvgIpc) is 2.41.